The van der Waals surface area contributed by atoms with Crippen molar-refractivity contribution in [2.45, 2.75) is 37.7 Å². The highest BCUT2D eigenvalue weighted by atomic mass is 35.5. The summed E-state index contributed by atoms with van der Waals surface area (Å²) in [4.78, 5) is 6.86. The van der Waals surface area contributed by atoms with Gasteiger partial charge in [0.2, 0.25) is 0 Å². The number of hydrogen-bond acceptors (Lipinski definition) is 2. The van der Waals surface area contributed by atoms with E-state index in [1.807, 2.05) is 6.07 Å². The van der Waals surface area contributed by atoms with Crippen LogP contribution in [0.15, 0.2) is 18.2 Å². The number of piperidine rings is 1. The number of alkyl halides is 1. The summed E-state index contributed by atoms with van der Waals surface area (Å²) in [5.41, 5.74) is 1.69. The Morgan fingerprint density at radius 1 is 1.45 bits per heavy atom. The molecule has 0 spiro atoms. The molecule has 1 saturated heterocycles. The highest BCUT2D eigenvalue weighted by molar-refractivity contribution is 6.16. The average molecular weight is 296 g/mol. The van der Waals surface area contributed by atoms with Crippen molar-refractivity contribution in [2.75, 3.05) is 13.6 Å². The SMILES string of the molecule is CC1CC(n2c(CCl)nc3cc(F)ccc32)CCN1C. The minimum Gasteiger partial charge on any atom is -0.324 e. The van der Waals surface area contributed by atoms with Gasteiger partial charge in [-0.15, -0.1) is 11.6 Å². The second-order valence-electron chi connectivity index (χ2n) is 5.67. The Morgan fingerprint density at radius 2 is 2.25 bits per heavy atom. The van der Waals surface area contributed by atoms with Crippen LogP contribution in [0.1, 0.15) is 31.6 Å². The molecular formula is C15H19ClFN3. The van der Waals surface area contributed by atoms with E-state index in [4.69, 9.17) is 11.6 Å². The van der Waals surface area contributed by atoms with Gasteiger partial charge in [0.05, 0.1) is 16.9 Å². The molecule has 0 aliphatic carbocycles. The number of nitrogens with zero attached hydrogens (tertiary/aromatic N) is 3. The van der Waals surface area contributed by atoms with Crippen molar-refractivity contribution in [3.8, 4) is 0 Å². The fourth-order valence-corrected chi connectivity index (χ4v) is 3.31. The Kier molecular flexibility index (Phi) is 3.69. The van der Waals surface area contributed by atoms with Gasteiger partial charge in [0.1, 0.15) is 11.6 Å². The molecule has 2 unspecified atom stereocenters. The van der Waals surface area contributed by atoms with Gasteiger partial charge in [-0.05, 0) is 38.9 Å². The van der Waals surface area contributed by atoms with Gasteiger partial charge in [0.25, 0.3) is 0 Å². The zero-order valence-electron chi connectivity index (χ0n) is 11.8. The molecule has 0 saturated carbocycles. The molecule has 1 aromatic heterocycles. The van der Waals surface area contributed by atoms with Crippen molar-refractivity contribution >= 4 is 22.6 Å². The molecule has 1 fully saturated rings. The first-order valence-corrected chi connectivity index (χ1v) is 7.56. The molecule has 1 aliphatic rings. The molecule has 3 nitrogen and oxygen atoms in total. The number of imidazole rings is 1. The third-order valence-electron chi connectivity index (χ3n) is 4.39. The number of benzene rings is 1. The standard InChI is InChI=1S/C15H19ClFN3/c1-10-7-12(5-6-19(10)2)20-14-4-3-11(17)8-13(14)18-15(20)9-16/h3-4,8,10,12H,5-7,9H2,1-2H3. The zero-order chi connectivity index (χ0) is 14.3. The van der Waals surface area contributed by atoms with Crippen LogP contribution in [0.3, 0.4) is 0 Å². The summed E-state index contributed by atoms with van der Waals surface area (Å²) >= 11 is 6.04. The monoisotopic (exact) mass is 295 g/mol. The second kappa shape index (κ2) is 5.34. The van der Waals surface area contributed by atoms with Crippen molar-refractivity contribution < 1.29 is 4.39 Å². The molecule has 0 amide bonds. The number of fused-ring (bicyclic) bond motifs is 1. The predicted octanol–water partition coefficient (Wildman–Crippen LogP) is 3.57. The normalized spacial score (nSPS) is 24.4. The van der Waals surface area contributed by atoms with Gasteiger partial charge in [-0.25, -0.2) is 9.37 Å². The van der Waals surface area contributed by atoms with Gasteiger partial charge in [-0.3, -0.25) is 0 Å². The van der Waals surface area contributed by atoms with Crippen molar-refractivity contribution in [1.29, 1.82) is 0 Å². The van der Waals surface area contributed by atoms with Crippen molar-refractivity contribution in [3.05, 3.63) is 29.8 Å². The summed E-state index contributed by atoms with van der Waals surface area (Å²) in [6.45, 7) is 3.31. The van der Waals surface area contributed by atoms with E-state index >= 15 is 0 Å². The second-order valence-corrected chi connectivity index (χ2v) is 5.94. The van der Waals surface area contributed by atoms with E-state index in [-0.39, 0.29) is 5.82 Å². The lowest BCUT2D eigenvalue weighted by Crippen LogP contribution is -2.38. The molecule has 0 bridgehead atoms. The third-order valence-corrected chi connectivity index (χ3v) is 4.63. The molecule has 0 radical (unpaired) electrons. The number of likely N-dealkylation sites (tertiary alicyclic amines) is 1. The highest BCUT2D eigenvalue weighted by Crippen LogP contribution is 2.31. The largest absolute Gasteiger partial charge is 0.324 e. The molecule has 2 atom stereocenters. The predicted molar refractivity (Wildman–Crippen MR) is 79.6 cm³/mol. The molecule has 108 valence electrons. The molecule has 5 heteroatoms. The molecule has 2 heterocycles. The maximum atomic E-state index is 13.3. The lowest BCUT2D eigenvalue weighted by molar-refractivity contribution is 0.157. The van der Waals surface area contributed by atoms with Crippen LogP contribution in [0, 0.1) is 5.82 Å². The van der Waals surface area contributed by atoms with Gasteiger partial charge in [-0.2, -0.15) is 0 Å². The van der Waals surface area contributed by atoms with Crippen LogP contribution in [0.2, 0.25) is 0 Å². The van der Waals surface area contributed by atoms with Gasteiger partial charge < -0.3 is 9.47 Å². The Hall–Kier alpha value is -1.13. The molecule has 0 N–H and O–H groups in total. The maximum absolute atomic E-state index is 13.3. The molecule has 1 aliphatic heterocycles. The molecule has 1 aromatic carbocycles. The van der Waals surface area contributed by atoms with E-state index in [0.29, 0.717) is 23.5 Å². The first-order valence-electron chi connectivity index (χ1n) is 7.02. The summed E-state index contributed by atoms with van der Waals surface area (Å²) in [6, 6.07) is 5.73. The van der Waals surface area contributed by atoms with Crippen LogP contribution in [-0.4, -0.2) is 34.1 Å². The minimum atomic E-state index is -0.250. The molecular weight excluding hydrogens is 277 g/mol. The van der Waals surface area contributed by atoms with Gasteiger partial charge in [0.15, 0.2) is 0 Å². The van der Waals surface area contributed by atoms with Crippen molar-refractivity contribution in [1.82, 2.24) is 14.5 Å². The van der Waals surface area contributed by atoms with E-state index < -0.39 is 0 Å². The van der Waals surface area contributed by atoms with Gasteiger partial charge in [-0.1, -0.05) is 0 Å². The van der Waals surface area contributed by atoms with Crippen LogP contribution in [0.5, 0.6) is 0 Å². The molecule has 20 heavy (non-hydrogen) atoms. The summed E-state index contributed by atoms with van der Waals surface area (Å²) in [7, 11) is 2.16. The Morgan fingerprint density at radius 3 is 2.95 bits per heavy atom. The lowest BCUT2D eigenvalue weighted by Gasteiger charge is -2.36. The van der Waals surface area contributed by atoms with Crippen LogP contribution in [0.4, 0.5) is 4.39 Å². The third kappa shape index (κ3) is 2.31. The number of aromatic nitrogens is 2. The fourth-order valence-electron chi connectivity index (χ4n) is 3.12. The topological polar surface area (TPSA) is 21.1 Å². The maximum Gasteiger partial charge on any atom is 0.125 e. The Balaban J connectivity index is 2.05. The van der Waals surface area contributed by atoms with Gasteiger partial charge in [0, 0.05) is 24.7 Å². The van der Waals surface area contributed by atoms with Crippen LogP contribution in [0.25, 0.3) is 11.0 Å². The van der Waals surface area contributed by atoms with Crippen LogP contribution < -0.4 is 0 Å². The van der Waals surface area contributed by atoms with Gasteiger partial charge >= 0.3 is 0 Å². The highest BCUT2D eigenvalue weighted by Gasteiger charge is 2.26. The zero-order valence-corrected chi connectivity index (χ0v) is 12.6. The minimum absolute atomic E-state index is 0.250. The Bertz CT molecular complexity index is 625. The van der Waals surface area contributed by atoms with Crippen molar-refractivity contribution in [3.63, 3.8) is 0 Å². The quantitative estimate of drug-likeness (QED) is 0.790. The summed E-state index contributed by atoms with van der Waals surface area (Å²) in [6.07, 6.45) is 2.15. The summed E-state index contributed by atoms with van der Waals surface area (Å²) < 4.78 is 15.6. The average Bonchev–Trinajstić information content (AvgIpc) is 2.79. The van der Waals surface area contributed by atoms with E-state index in [0.717, 1.165) is 30.7 Å². The first-order chi connectivity index (χ1) is 9.60. The van der Waals surface area contributed by atoms with Crippen molar-refractivity contribution in [2.24, 2.45) is 0 Å². The van der Waals surface area contributed by atoms with Crippen LogP contribution >= 0.6 is 11.6 Å². The smallest absolute Gasteiger partial charge is 0.125 e. The van der Waals surface area contributed by atoms with E-state index in [1.165, 1.54) is 12.1 Å². The first kappa shape index (κ1) is 13.8. The van der Waals surface area contributed by atoms with E-state index in [9.17, 15) is 4.39 Å². The molecule has 2 aromatic rings. The summed E-state index contributed by atoms with van der Waals surface area (Å²) in [5.74, 6) is 0.950. The van der Waals surface area contributed by atoms with Crippen LogP contribution in [-0.2, 0) is 5.88 Å². The Labute approximate surface area is 123 Å². The lowest BCUT2D eigenvalue weighted by atomic mass is 9.98. The number of rotatable bonds is 2. The fraction of sp³-hybridized carbons (Fsp3) is 0.533. The summed E-state index contributed by atoms with van der Waals surface area (Å²) in [5, 5.41) is 0. The van der Waals surface area contributed by atoms with E-state index in [1.54, 1.807) is 0 Å². The number of hydrogen-bond donors (Lipinski definition) is 0. The number of halogens is 2. The molecule has 3 rings (SSSR count). The van der Waals surface area contributed by atoms with E-state index in [2.05, 4.69) is 28.4 Å².